The monoisotopic (exact) mass is 138 g/mol. The minimum Gasteiger partial charge on any atom is -0.357 e. The summed E-state index contributed by atoms with van der Waals surface area (Å²) in [5.41, 5.74) is 0. The van der Waals surface area contributed by atoms with Gasteiger partial charge in [-0.15, -0.1) is 0 Å². The first kappa shape index (κ1) is 10.1. The maximum absolute atomic E-state index is 9.93. The Hall–Kier alpha value is 0.0544. The van der Waals surface area contributed by atoms with Crippen LogP contribution in [0.15, 0.2) is 0 Å². The quantitative estimate of drug-likeness (QED) is 0.548. The largest absolute Gasteiger partial charge is 0.357 e. The number of carbonyl (C=O) groups excluding carboxylic acids is 1. The van der Waals surface area contributed by atoms with E-state index in [0.29, 0.717) is 0 Å². The van der Waals surface area contributed by atoms with Crippen molar-refractivity contribution in [1.29, 1.82) is 0 Å². The van der Waals surface area contributed by atoms with E-state index in [-0.39, 0.29) is 24.5 Å². The Bertz CT molecular complexity index is 55.7. The van der Waals surface area contributed by atoms with E-state index in [2.05, 4.69) is 5.32 Å². The van der Waals surface area contributed by atoms with Gasteiger partial charge >= 0.3 is 0 Å². The van der Waals surface area contributed by atoms with E-state index in [1.54, 1.807) is 0 Å². The Labute approximate surface area is 55.6 Å². The van der Waals surface area contributed by atoms with Gasteiger partial charge in [0.15, 0.2) is 0 Å². The van der Waals surface area contributed by atoms with E-state index >= 15 is 0 Å². The fourth-order valence-electron chi connectivity index (χ4n) is 0.249. The molecule has 0 atom stereocenters. The molecule has 0 aliphatic carbocycles. The second-order valence-electron chi connectivity index (χ2n) is 1.09. The van der Waals surface area contributed by atoms with Crippen LogP contribution in [0.2, 0.25) is 0 Å². The van der Waals surface area contributed by atoms with Crippen molar-refractivity contribution < 1.29 is 23.4 Å². The summed E-state index contributed by atoms with van der Waals surface area (Å²) in [4.78, 5) is 9.93. The van der Waals surface area contributed by atoms with Crippen molar-refractivity contribution in [2.24, 2.45) is 0 Å². The number of hydrogen-bond donors (Lipinski definition) is 1. The van der Waals surface area contributed by atoms with Crippen molar-refractivity contribution in [3.05, 3.63) is 0 Å². The summed E-state index contributed by atoms with van der Waals surface area (Å²) >= 11 is 0. The van der Waals surface area contributed by atoms with Gasteiger partial charge in [-0.05, 0) is 6.92 Å². The molecule has 0 fully saturated rings. The van der Waals surface area contributed by atoms with Crippen molar-refractivity contribution >= 4 is 5.91 Å². The second-order valence-corrected chi connectivity index (χ2v) is 1.09. The fraction of sp³-hybridized carbons (Fsp3) is 0.750. The Kier molecular flexibility index (Phi) is 8.75. The van der Waals surface area contributed by atoms with Crippen LogP contribution in [0, 0.1) is 0 Å². The van der Waals surface area contributed by atoms with Crippen LogP contribution >= 0.6 is 0 Å². The summed E-state index contributed by atoms with van der Waals surface area (Å²) < 4.78 is 0. The molecule has 0 aromatic heterocycles. The van der Waals surface area contributed by atoms with Crippen LogP contribution in [-0.4, -0.2) is 12.5 Å². The third-order valence-corrected chi connectivity index (χ3v) is 0.426. The average Bonchev–Trinajstić information content (AvgIpc) is 1.35. The molecule has 0 aromatic carbocycles. The van der Waals surface area contributed by atoms with Crippen molar-refractivity contribution in [2.75, 3.05) is 6.54 Å². The summed E-state index contributed by atoms with van der Waals surface area (Å²) in [5, 5.41) is 2.57. The molecule has 0 aliphatic rings. The van der Waals surface area contributed by atoms with Gasteiger partial charge in [0.25, 0.3) is 0 Å². The molecule has 0 aromatic rings. The SMILES string of the molecule is CCNC(C)=O.[V]. The first-order chi connectivity index (χ1) is 2.77. The Balaban J connectivity index is 0. The number of hydrogen-bond acceptors (Lipinski definition) is 1. The zero-order chi connectivity index (χ0) is 4.99. The fourth-order valence-corrected chi connectivity index (χ4v) is 0.249. The van der Waals surface area contributed by atoms with Crippen LogP contribution in [0.4, 0.5) is 0 Å². The van der Waals surface area contributed by atoms with E-state index in [4.69, 9.17) is 0 Å². The summed E-state index contributed by atoms with van der Waals surface area (Å²) in [6.07, 6.45) is 0. The average molecular weight is 138 g/mol. The zero-order valence-electron chi connectivity index (χ0n) is 4.56. The Morgan fingerprint density at radius 2 is 2.14 bits per heavy atom. The van der Waals surface area contributed by atoms with Crippen LogP contribution in [0.1, 0.15) is 13.8 Å². The Morgan fingerprint density at radius 1 is 1.71 bits per heavy atom. The molecule has 0 aliphatic heterocycles. The van der Waals surface area contributed by atoms with Crippen LogP contribution in [0.5, 0.6) is 0 Å². The molecule has 3 heteroatoms. The van der Waals surface area contributed by atoms with Gasteiger partial charge in [-0.2, -0.15) is 0 Å². The van der Waals surface area contributed by atoms with Crippen LogP contribution in [0.25, 0.3) is 0 Å². The first-order valence-electron chi connectivity index (χ1n) is 2.01. The Morgan fingerprint density at radius 3 is 2.14 bits per heavy atom. The van der Waals surface area contributed by atoms with Gasteiger partial charge in [0.05, 0.1) is 0 Å². The van der Waals surface area contributed by atoms with Gasteiger partial charge in [-0.1, -0.05) is 0 Å². The van der Waals surface area contributed by atoms with Gasteiger partial charge in [0.2, 0.25) is 5.91 Å². The van der Waals surface area contributed by atoms with Crippen molar-refractivity contribution in [3.63, 3.8) is 0 Å². The molecule has 0 bridgehead atoms. The third kappa shape index (κ3) is 10.7. The maximum Gasteiger partial charge on any atom is 0.216 e. The standard InChI is InChI=1S/C4H9NO.V/c1-3-5-4(2)6;/h3H2,1-2H3,(H,5,6);. The topological polar surface area (TPSA) is 29.1 Å². The number of nitrogens with one attached hydrogen (secondary N) is 1. The summed E-state index contributed by atoms with van der Waals surface area (Å²) in [7, 11) is 0. The van der Waals surface area contributed by atoms with Crippen molar-refractivity contribution in [1.82, 2.24) is 5.32 Å². The van der Waals surface area contributed by atoms with Gasteiger partial charge in [-0.3, -0.25) is 4.79 Å². The molecule has 0 rings (SSSR count). The number of rotatable bonds is 1. The van der Waals surface area contributed by atoms with E-state index in [0.717, 1.165) is 6.54 Å². The van der Waals surface area contributed by atoms with Crippen molar-refractivity contribution in [3.8, 4) is 0 Å². The third-order valence-electron chi connectivity index (χ3n) is 0.426. The van der Waals surface area contributed by atoms with E-state index < -0.39 is 0 Å². The second kappa shape index (κ2) is 6.05. The summed E-state index contributed by atoms with van der Waals surface area (Å²) in [6, 6.07) is 0. The van der Waals surface area contributed by atoms with Gasteiger partial charge < -0.3 is 5.32 Å². The zero-order valence-corrected chi connectivity index (χ0v) is 5.96. The first-order valence-corrected chi connectivity index (χ1v) is 2.01. The molecule has 41 valence electrons. The van der Waals surface area contributed by atoms with Crippen molar-refractivity contribution in [2.45, 2.75) is 13.8 Å². The molecule has 1 N–H and O–H groups in total. The molecular weight excluding hydrogens is 129 g/mol. The van der Waals surface area contributed by atoms with Crippen LogP contribution in [-0.2, 0) is 23.4 Å². The number of amides is 1. The number of carbonyl (C=O) groups is 1. The molecule has 0 saturated heterocycles. The van der Waals surface area contributed by atoms with E-state index in [9.17, 15) is 4.79 Å². The predicted molar refractivity (Wildman–Crippen MR) is 24.4 cm³/mol. The van der Waals surface area contributed by atoms with Gasteiger partial charge in [0, 0.05) is 32.0 Å². The van der Waals surface area contributed by atoms with E-state index in [1.165, 1.54) is 6.92 Å². The molecule has 1 amide bonds. The molecule has 1 radical (unpaired) electrons. The normalized spacial score (nSPS) is 6.57. The summed E-state index contributed by atoms with van der Waals surface area (Å²) in [6.45, 7) is 4.13. The van der Waals surface area contributed by atoms with Crippen LogP contribution in [0.3, 0.4) is 0 Å². The van der Waals surface area contributed by atoms with Gasteiger partial charge in [0.1, 0.15) is 0 Å². The molecule has 2 nitrogen and oxygen atoms in total. The minimum atomic E-state index is 0. The smallest absolute Gasteiger partial charge is 0.216 e. The molecular formula is C4H9NOV. The molecule has 7 heavy (non-hydrogen) atoms. The van der Waals surface area contributed by atoms with Crippen LogP contribution < -0.4 is 5.32 Å². The summed E-state index contributed by atoms with van der Waals surface area (Å²) in [5.74, 6) is 0.0394. The molecule has 0 unspecified atom stereocenters. The molecule has 0 heterocycles. The molecule has 0 saturated carbocycles. The minimum absolute atomic E-state index is 0. The van der Waals surface area contributed by atoms with E-state index in [1.807, 2.05) is 6.92 Å². The molecule has 0 spiro atoms. The maximum atomic E-state index is 9.93. The predicted octanol–water partition coefficient (Wildman–Crippen LogP) is 0.140. The van der Waals surface area contributed by atoms with Gasteiger partial charge in [-0.25, -0.2) is 0 Å².